The van der Waals surface area contributed by atoms with Crippen LogP contribution < -0.4 is 0 Å². The molecule has 0 atom stereocenters. The van der Waals surface area contributed by atoms with Gasteiger partial charge in [-0.25, -0.2) is 0 Å². The molecule has 0 aromatic rings. The molecule has 0 spiro atoms. The van der Waals surface area contributed by atoms with Gasteiger partial charge < -0.3 is 4.84 Å². The quantitative estimate of drug-likeness (QED) is 0.303. The van der Waals surface area contributed by atoms with E-state index in [1.165, 1.54) is 0 Å². The molecule has 0 aliphatic rings. The predicted octanol–water partition coefficient (Wildman–Crippen LogP) is 2.14. The number of rotatable bonds is 12. The number of carbonyl (C=O) groups excluding carboxylic acids is 3. The highest BCUT2D eigenvalue weighted by Crippen LogP contribution is 2.04. The van der Waals surface area contributed by atoms with Gasteiger partial charge in [0.1, 0.15) is 24.0 Å². The fraction of sp³-hybridized carbons (Fsp3) is 0.750. The second kappa shape index (κ2) is 10.6. The Balaban J connectivity index is 3.60. The Hall–Kier alpha value is -1.59. The van der Waals surface area contributed by atoms with Crippen LogP contribution in [0.5, 0.6) is 0 Å². The van der Waals surface area contributed by atoms with E-state index < -0.39 is 0 Å². The van der Waals surface area contributed by atoms with E-state index in [-0.39, 0.29) is 56.1 Å². The van der Waals surface area contributed by atoms with Gasteiger partial charge in [-0.15, -0.1) is 4.91 Å². The summed E-state index contributed by atoms with van der Waals surface area (Å²) >= 11 is 0. The molecule has 0 aromatic carbocycles. The van der Waals surface area contributed by atoms with Crippen LogP contribution in [0.2, 0.25) is 0 Å². The number of Topliss-reactive ketones (excluding diaryl/α,β-unsaturated/α-hetero) is 3. The molecule has 0 saturated carbocycles. The van der Waals surface area contributed by atoms with Crippen LogP contribution in [0.1, 0.15) is 51.9 Å². The number of ketones is 3. The molecule has 0 unspecified atom stereocenters. The first kappa shape index (κ1) is 16.4. The van der Waals surface area contributed by atoms with E-state index in [1.54, 1.807) is 0 Å². The lowest BCUT2D eigenvalue weighted by molar-refractivity contribution is -0.126. The van der Waals surface area contributed by atoms with E-state index in [2.05, 4.69) is 10.2 Å². The first-order chi connectivity index (χ1) is 8.60. The number of carbonyl (C=O) groups is 3. The minimum Gasteiger partial charge on any atom is -0.364 e. The smallest absolute Gasteiger partial charge is 0.155 e. The highest BCUT2D eigenvalue weighted by molar-refractivity contribution is 5.89. The van der Waals surface area contributed by atoms with Crippen molar-refractivity contribution in [1.82, 2.24) is 0 Å². The molecule has 0 N–H and O–H groups in total. The molecule has 0 saturated heterocycles. The topological polar surface area (TPSA) is 89.9 Å². The van der Waals surface area contributed by atoms with Crippen LogP contribution in [0, 0.1) is 4.91 Å². The fourth-order valence-corrected chi connectivity index (χ4v) is 1.41. The average Bonchev–Trinajstić information content (AvgIpc) is 2.34. The molecule has 0 aromatic heterocycles. The Bertz CT molecular complexity index is 301. The van der Waals surface area contributed by atoms with Crippen molar-refractivity contribution in [2.24, 2.45) is 5.34 Å². The molecule has 6 heteroatoms. The van der Waals surface area contributed by atoms with Crippen LogP contribution in [0.15, 0.2) is 5.34 Å². The van der Waals surface area contributed by atoms with Crippen LogP contribution in [-0.4, -0.2) is 24.0 Å². The molecule has 0 aliphatic heterocycles. The third-order valence-corrected chi connectivity index (χ3v) is 2.42. The molecule has 0 fully saturated rings. The summed E-state index contributed by atoms with van der Waals surface area (Å²) in [6, 6.07) is 0. The third-order valence-electron chi connectivity index (χ3n) is 2.42. The molecule has 102 valence electrons. The number of nitrogens with zero attached hydrogens (tertiary/aromatic N) is 1. The molecular weight excluding hydrogens is 238 g/mol. The van der Waals surface area contributed by atoms with Crippen LogP contribution >= 0.6 is 0 Å². The van der Waals surface area contributed by atoms with E-state index >= 15 is 0 Å². The Morgan fingerprint density at radius 3 is 1.72 bits per heavy atom. The lowest BCUT2D eigenvalue weighted by atomic mass is 10.0. The Kier molecular flexibility index (Phi) is 9.62. The zero-order chi connectivity index (χ0) is 13.8. The van der Waals surface area contributed by atoms with Crippen molar-refractivity contribution >= 4 is 17.3 Å². The van der Waals surface area contributed by atoms with Crippen LogP contribution in [0.25, 0.3) is 0 Å². The van der Waals surface area contributed by atoms with Gasteiger partial charge in [-0.05, 0) is 6.42 Å². The monoisotopic (exact) mass is 257 g/mol. The SMILES string of the molecule is CCCC(=O)CCC(=O)CCC(=O)CCON=O. The third kappa shape index (κ3) is 9.62. The first-order valence-electron chi connectivity index (χ1n) is 6.09. The van der Waals surface area contributed by atoms with E-state index in [1.807, 2.05) is 6.92 Å². The van der Waals surface area contributed by atoms with Gasteiger partial charge in [-0.1, -0.05) is 6.92 Å². The summed E-state index contributed by atoms with van der Waals surface area (Å²) in [5.41, 5.74) is 0. The molecule has 18 heavy (non-hydrogen) atoms. The summed E-state index contributed by atoms with van der Waals surface area (Å²) in [7, 11) is 0. The minimum absolute atomic E-state index is 0.0501. The van der Waals surface area contributed by atoms with Crippen molar-refractivity contribution in [3.8, 4) is 0 Å². The maximum absolute atomic E-state index is 11.4. The highest BCUT2D eigenvalue weighted by Gasteiger charge is 2.09. The summed E-state index contributed by atoms with van der Waals surface area (Å²) < 4.78 is 0. The number of hydrogen-bond donors (Lipinski definition) is 0. The Morgan fingerprint density at radius 1 is 0.833 bits per heavy atom. The van der Waals surface area contributed by atoms with Crippen molar-refractivity contribution in [3.05, 3.63) is 4.91 Å². The molecule has 6 nitrogen and oxygen atoms in total. The van der Waals surface area contributed by atoms with Gasteiger partial charge in [0.2, 0.25) is 0 Å². The first-order valence-corrected chi connectivity index (χ1v) is 6.09. The maximum Gasteiger partial charge on any atom is 0.155 e. The van der Waals surface area contributed by atoms with E-state index in [0.29, 0.717) is 6.42 Å². The standard InChI is InChI=1S/C12H19NO5/c1-2-3-10(14)4-5-11(15)6-7-12(16)8-9-18-13-17/h2-9H2,1H3. The summed E-state index contributed by atoms with van der Waals surface area (Å²) in [5.74, 6) is -0.142. The van der Waals surface area contributed by atoms with Crippen molar-refractivity contribution in [3.63, 3.8) is 0 Å². The van der Waals surface area contributed by atoms with Crippen molar-refractivity contribution in [2.75, 3.05) is 6.61 Å². The van der Waals surface area contributed by atoms with Crippen LogP contribution in [0.4, 0.5) is 0 Å². The van der Waals surface area contributed by atoms with E-state index in [0.717, 1.165) is 6.42 Å². The summed E-state index contributed by atoms with van der Waals surface area (Å²) in [6.45, 7) is 1.86. The van der Waals surface area contributed by atoms with Gasteiger partial charge in [0.05, 0.1) is 0 Å². The Morgan fingerprint density at radius 2 is 1.28 bits per heavy atom. The molecule has 0 radical (unpaired) electrons. The molecular formula is C12H19NO5. The minimum atomic E-state index is -0.146. The maximum atomic E-state index is 11.4. The van der Waals surface area contributed by atoms with Gasteiger partial charge in [-0.3, -0.25) is 14.4 Å². The van der Waals surface area contributed by atoms with Gasteiger partial charge in [-0.2, -0.15) is 0 Å². The second-order valence-electron chi connectivity index (χ2n) is 4.02. The molecule has 0 aliphatic carbocycles. The largest absolute Gasteiger partial charge is 0.364 e. The molecule has 0 heterocycles. The van der Waals surface area contributed by atoms with Crippen LogP contribution in [0.3, 0.4) is 0 Å². The molecule has 0 bridgehead atoms. The summed E-state index contributed by atoms with van der Waals surface area (Å²) in [4.78, 5) is 47.5. The van der Waals surface area contributed by atoms with Crippen molar-refractivity contribution in [1.29, 1.82) is 0 Å². The normalized spacial score (nSPS) is 9.83. The second-order valence-corrected chi connectivity index (χ2v) is 4.02. The highest BCUT2D eigenvalue weighted by atomic mass is 16.7. The predicted molar refractivity (Wildman–Crippen MR) is 64.8 cm³/mol. The fourth-order valence-electron chi connectivity index (χ4n) is 1.41. The molecule has 0 amide bonds. The zero-order valence-electron chi connectivity index (χ0n) is 10.6. The van der Waals surface area contributed by atoms with Gasteiger partial charge >= 0.3 is 0 Å². The summed E-state index contributed by atoms with van der Waals surface area (Å²) in [5, 5.41) is 2.16. The zero-order valence-corrected chi connectivity index (χ0v) is 10.6. The average molecular weight is 257 g/mol. The van der Waals surface area contributed by atoms with E-state index in [4.69, 9.17) is 0 Å². The lowest BCUT2D eigenvalue weighted by Crippen LogP contribution is -2.08. The van der Waals surface area contributed by atoms with Crippen molar-refractivity contribution < 1.29 is 19.2 Å². The Labute approximate surface area is 106 Å². The molecule has 0 rings (SSSR count). The van der Waals surface area contributed by atoms with Gasteiger partial charge in [0.25, 0.3) is 0 Å². The van der Waals surface area contributed by atoms with Gasteiger partial charge in [0, 0.05) is 38.5 Å². The van der Waals surface area contributed by atoms with Gasteiger partial charge in [0.15, 0.2) is 5.34 Å². The lowest BCUT2D eigenvalue weighted by Gasteiger charge is -2.00. The van der Waals surface area contributed by atoms with Crippen molar-refractivity contribution in [2.45, 2.75) is 51.9 Å². The number of hydrogen-bond acceptors (Lipinski definition) is 6. The van der Waals surface area contributed by atoms with Crippen LogP contribution in [-0.2, 0) is 19.2 Å². The van der Waals surface area contributed by atoms with E-state index in [9.17, 15) is 19.3 Å². The summed E-state index contributed by atoms with van der Waals surface area (Å²) in [6.07, 6.45) is 2.11.